The van der Waals surface area contributed by atoms with Gasteiger partial charge in [0.15, 0.2) is 0 Å². The molecule has 3 fully saturated rings. The van der Waals surface area contributed by atoms with Crippen molar-refractivity contribution < 1.29 is 23.5 Å². The predicted molar refractivity (Wildman–Crippen MR) is 109 cm³/mol. The van der Waals surface area contributed by atoms with Crippen molar-refractivity contribution in [2.24, 2.45) is 11.8 Å². The SMILES string of the molecule is COc1ccc(N2C(=O)[C@@H]3[C@@H](C2=O)[C@]2(C(=O)Nc4ccc(F)cc42)N2CCC[C@@H]32)cc1. The van der Waals surface area contributed by atoms with Crippen LogP contribution in [-0.4, -0.2) is 42.3 Å². The molecule has 0 unspecified atom stereocenters. The van der Waals surface area contributed by atoms with Crippen LogP contribution in [0.4, 0.5) is 15.8 Å². The van der Waals surface area contributed by atoms with E-state index >= 15 is 0 Å². The van der Waals surface area contributed by atoms with E-state index in [1.165, 1.54) is 23.1 Å². The Kier molecular flexibility index (Phi) is 3.66. The third-order valence-electron chi connectivity index (χ3n) is 7.29. The first kappa shape index (κ1) is 18.5. The molecule has 0 aliphatic carbocycles. The van der Waals surface area contributed by atoms with E-state index in [-0.39, 0.29) is 17.9 Å². The molecule has 8 heteroatoms. The number of imide groups is 1. The number of carbonyl (C=O) groups excluding carboxylic acids is 3. The van der Waals surface area contributed by atoms with E-state index in [1.807, 2.05) is 4.90 Å². The molecule has 4 aliphatic heterocycles. The van der Waals surface area contributed by atoms with Gasteiger partial charge in [-0.1, -0.05) is 0 Å². The monoisotopic (exact) mass is 421 g/mol. The molecule has 0 bridgehead atoms. The van der Waals surface area contributed by atoms with E-state index in [1.54, 1.807) is 31.4 Å². The summed E-state index contributed by atoms with van der Waals surface area (Å²) in [5, 5.41) is 2.84. The number of methoxy groups -OCH3 is 1. The zero-order valence-corrected chi connectivity index (χ0v) is 16.8. The maximum Gasteiger partial charge on any atom is 0.250 e. The number of rotatable bonds is 2. The molecule has 31 heavy (non-hydrogen) atoms. The molecule has 0 saturated carbocycles. The van der Waals surface area contributed by atoms with Gasteiger partial charge in [-0.2, -0.15) is 0 Å². The molecular formula is C23H20FN3O4. The average Bonchev–Trinajstić information content (AvgIpc) is 3.47. The van der Waals surface area contributed by atoms with Crippen LogP contribution in [0.1, 0.15) is 18.4 Å². The molecule has 3 saturated heterocycles. The van der Waals surface area contributed by atoms with Gasteiger partial charge in [-0.15, -0.1) is 0 Å². The summed E-state index contributed by atoms with van der Waals surface area (Å²) in [6.07, 6.45) is 1.54. The van der Waals surface area contributed by atoms with Crippen molar-refractivity contribution in [2.75, 3.05) is 23.9 Å². The Morgan fingerprint density at radius 2 is 1.87 bits per heavy atom. The zero-order chi connectivity index (χ0) is 21.5. The Labute approximate surface area is 177 Å². The Morgan fingerprint density at radius 1 is 1.10 bits per heavy atom. The molecule has 4 atom stereocenters. The van der Waals surface area contributed by atoms with Gasteiger partial charge in [-0.25, -0.2) is 9.29 Å². The maximum absolute atomic E-state index is 14.3. The van der Waals surface area contributed by atoms with Crippen molar-refractivity contribution in [3.63, 3.8) is 0 Å². The molecule has 1 spiro atoms. The maximum atomic E-state index is 14.3. The van der Waals surface area contributed by atoms with Crippen LogP contribution in [0, 0.1) is 17.7 Å². The number of halogens is 1. The van der Waals surface area contributed by atoms with E-state index in [9.17, 15) is 18.8 Å². The number of hydrogen-bond donors (Lipinski definition) is 1. The van der Waals surface area contributed by atoms with Crippen LogP contribution in [-0.2, 0) is 19.9 Å². The largest absolute Gasteiger partial charge is 0.497 e. The topological polar surface area (TPSA) is 78.9 Å². The van der Waals surface area contributed by atoms with Crippen LogP contribution in [0.5, 0.6) is 5.75 Å². The minimum atomic E-state index is -1.36. The number of hydrogen-bond acceptors (Lipinski definition) is 5. The fourth-order valence-electron chi connectivity index (χ4n) is 6.16. The van der Waals surface area contributed by atoms with E-state index in [2.05, 4.69) is 5.32 Å². The van der Waals surface area contributed by atoms with Crippen molar-refractivity contribution in [3.05, 3.63) is 53.8 Å². The summed E-state index contributed by atoms with van der Waals surface area (Å²) in [6, 6.07) is 10.6. The van der Waals surface area contributed by atoms with Crippen molar-refractivity contribution in [1.29, 1.82) is 0 Å². The van der Waals surface area contributed by atoms with Gasteiger partial charge in [0.05, 0.1) is 24.6 Å². The second-order valence-electron chi connectivity index (χ2n) is 8.53. The summed E-state index contributed by atoms with van der Waals surface area (Å²) in [4.78, 5) is 43.9. The summed E-state index contributed by atoms with van der Waals surface area (Å²) < 4.78 is 19.4. The quantitative estimate of drug-likeness (QED) is 0.753. The van der Waals surface area contributed by atoms with Gasteiger partial charge in [-0.3, -0.25) is 19.3 Å². The second kappa shape index (κ2) is 6.13. The van der Waals surface area contributed by atoms with Gasteiger partial charge >= 0.3 is 0 Å². The molecule has 4 aliphatic rings. The summed E-state index contributed by atoms with van der Waals surface area (Å²) in [5.41, 5.74) is 0.0373. The molecule has 6 rings (SSSR count). The number of carbonyl (C=O) groups is 3. The van der Waals surface area contributed by atoms with Crippen molar-refractivity contribution >= 4 is 29.1 Å². The Balaban J connectivity index is 1.53. The highest BCUT2D eigenvalue weighted by Crippen LogP contribution is 2.60. The molecule has 3 amide bonds. The van der Waals surface area contributed by atoms with Gasteiger partial charge in [-0.05, 0) is 61.9 Å². The number of benzene rings is 2. The minimum Gasteiger partial charge on any atom is -0.497 e. The Hall–Kier alpha value is -3.26. The Morgan fingerprint density at radius 3 is 2.61 bits per heavy atom. The first-order valence-corrected chi connectivity index (χ1v) is 10.4. The molecule has 0 aromatic heterocycles. The lowest BCUT2D eigenvalue weighted by Gasteiger charge is -2.36. The number of fused-ring (bicyclic) bond motifs is 7. The van der Waals surface area contributed by atoms with Crippen molar-refractivity contribution in [2.45, 2.75) is 24.4 Å². The predicted octanol–water partition coefficient (Wildman–Crippen LogP) is 2.27. The molecule has 2 aromatic carbocycles. The molecule has 1 N–H and O–H groups in total. The number of ether oxygens (including phenoxy) is 1. The van der Waals surface area contributed by atoms with Crippen LogP contribution in [0.3, 0.4) is 0 Å². The molecular weight excluding hydrogens is 401 g/mol. The standard InChI is InChI=1S/C23H20FN3O4/c1-31-14-7-5-13(6-8-14)27-20(28)18-17-3-2-10-26(17)23(19(18)21(27)29)15-11-12(24)4-9-16(15)25-22(23)30/h4-9,11,17-19H,2-3,10H2,1H3,(H,25,30)/t17-,18-,19-,23+/m0/s1. The number of nitrogens with zero attached hydrogens (tertiary/aromatic N) is 2. The first-order chi connectivity index (χ1) is 15.0. The van der Waals surface area contributed by atoms with E-state index in [0.717, 1.165) is 12.8 Å². The summed E-state index contributed by atoms with van der Waals surface area (Å²) in [6.45, 7) is 0.587. The lowest BCUT2D eigenvalue weighted by molar-refractivity contribution is -0.135. The second-order valence-corrected chi connectivity index (χ2v) is 8.53. The Bertz CT molecular complexity index is 1150. The van der Waals surface area contributed by atoms with Crippen molar-refractivity contribution in [1.82, 2.24) is 4.90 Å². The third-order valence-corrected chi connectivity index (χ3v) is 7.29. The molecule has 2 aromatic rings. The third kappa shape index (κ3) is 2.13. The highest BCUT2D eigenvalue weighted by atomic mass is 19.1. The number of nitrogens with one attached hydrogen (secondary N) is 1. The molecule has 0 radical (unpaired) electrons. The molecule has 4 heterocycles. The fourth-order valence-corrected chi connectivity index (χ4v) is 6.16. The first-order valence-electron chi connectivity index (χ1n) is 10.4. The van der Waals surface area contributed by atoms with Gasteiger partial charge in [0.2, 0.25) is 17.7 Å². The van der Waals surface area contributed by atoms with E-state index in [0.29, 0.717) is 29.2 Å². The highest BCUT2D eigenvalue weighted by Gasteiger charge is 2.74. The van der Waals surface area contributed by atoms with Gasteiger partial charge < -0.3 is 10.1 Å². The summed E-state index contributed by atoms with van der Waals surface area (Å²) in [5.74, 6) is -2.47. The number of amides is 3. The van der Waals surface area contributed by atoms with Gasteiger partial charge in [0.25, 0.3) is 0 Å². The smallest absolute Gasteiger partial charge is 0.250 e. The average molecular weight is 421 g/mol. The fraction of sp³-hybridized carbons (Fsp3) is 0.348. The van der Waals surface area contributed by atoms with Crippen LogP contribution >= 0.6 is 0 Å². The molecule has 158 valence electrons. The van der Waals surface area contributed by atoms with Crippen LogP contribution in [0.25, 0.3) is 0 Å². The van der Waals surface area contributed by atoms with E-state index in [4.69, 9.17) is 4.74 Å². The van der Waals surface area contributed by atoms with Crippen LogP contribution in [0.2, 0.25) is 0 Å². The lowest BCUT2D eigenvalue weighted by atomic mass is 9.75. The van der Waals surface area contributed by atoms with Crippen LogP contribution in [0.15, 0.2) is 42.5 Å². The summed E-state index contributed by atoms with van der Waals surface area (Å²) >= 11 is 0. The molecule has 7 nitrogen and oxygen atoms in total. The number of anilines is 2. The van der Waals surface area contributed by atoms with Gasteiger partial charge in [0.1, 0.15) is 17.1 Å². The zero-order valence-electron chi connectivity index (χ0n) is 16.8. The summed E-state index contributed by atoms with van der Waals surface area (Å²) in [7, 11) is 1.54. The lowest BCUT2D eigenvalue weighted by Crippen LogP contribution is -2.54. The van der Waals surface area contributed by atoms with Crippen molar-refractivity contribution in [3.8, 4) is 5.75 Å². The van der Waals surface area contributed by atoms with Gasteiger partial charge in [0, 0.05) is 17.3 Å². The normalized spacial score (nSPS) is 31.2. The highest BCUT2D eigenvalue weighted by molar-refractivity contribution is 6.25. The van der Waals surface area contributed by atoms with E-state index < -0.39 is 29.1 Å². The van der Waals surface area contributed by atoms with Crippen LogP contribution < -0.4 is 15.0 Å². The minimum absolute atomic E-state index is 0.232.